The summed E-state index contributed by atoms with van der Waals surface area (Å²) in [6, 6.07) is 7.22. The first-order valence-corrected chi connectivity index (χ1v) is 7.80. The second-order valence-electron chi connectivity index (χ2n) is 5.07. The highest BCUT2D eigenvalue weighted by atomic mass is 79.9. The Morgan fingerprint density at radius 2 is 2.00 bits per heavy atom. The van der Waals surface area contributed by atoms with E-state index in [2.05, 4.69) is 46.0 Å². The van der Waals surface area contributed by atoms with Gasteiger partial charge < -0.3 is 10.6 Å². The van der Waals surface area contributed by atoms with Crippen LogP contribution in [0.25, 0.3) is 0 Å². The molecule has 1 aromatic carbocycles. The van der Waals surface area contributed by atoms with Crippen LogP contribution in [0, 0.1) is 0 Å². The summed E-state index contributed by atoms with van der Waals surface area (Å²) in [5.41, 5.74) is 8.19. The highest BCUT2D eigenvalue weighted by Gasteiger charge is 2.21. The van der Waals surface area contributed by atoms with Gasteiger partial charge in [-0.1, -0.05) is 25.3 Å². The van der Waals surface area contributed by atoms with Crippen molar-refractivity contribution in [1.29, 1.82) is 0 Å². The average Bonchev–Trinajstić information content (AvgIpc) is 2.42. The van der Waals surface area contributed by atoms with Crippen molar-refractivity contribution in [1.82, 2.24) is 0 Å². The predicted octanol–water partition coefficient (Wildman–Crippen LogP) is 4.07. The van der Waals surface area contributed by atoms with Crippen LogP contribution >= 0.6 is 15.9 Å². The van der Waals surface area contributed by atoms with Crippen LogP contribution < -0.4 is 10.6 Å². The number of benzene rings is 1. The van der Waals surface area contributed by atoms with E-state index in [4.69, 9.17) is 5.73 Å². The van der Waals surface area contributed by atoms with E-state index in [0.29, 0.717) is 12.6 Å². The van der Waals surface area contributed by atoms with Crippen molar-refractivity contribution in [3.05, 3.63) is 28.2 Å². The van der Waals surface area contributed by atoms with Crippen LogP contribution in [0.15, 0.2) is 22.7 Å². The fourth-order valence-corrected chi connectivity index (χ4v) is 3.58. The van der Waals surface area contributed by atoms with Crippen molar-refractivity contribution >= 4 is 21.6 Å². The third-order valence-corrected chi connectivity index (χ3v) is 4.55. The van der Waals surface area contributed by atoms with Gasteiger partial charge in [-0.2, -0.15) is 0 Å². The van der Waals surface area contributed by atoms with Crippen molar-refractivity contribution < 1.29 is 0 Å². The summed E-state index contributed by atoms with van der Waals surface area (Å²) >= 11 is 3.70. The molecule has 0 radical (unpaired) electrons. The molecular formula is C15H23BrN2. The smallest absolute Gasteiger partial charge is 0.0513 e. The van der Waals surface area contributed by atoms with Gasteiger partial charge >= 0.3 is 0 Å². The van der Waals surface area contributed by atoms with Crippen molar-refractivity contribution in [2.45, 2.75) is 51.6 Å². The molecule has 0 heterocycles. The molecule has 1 fully saturated rings. The number of halogens is 1. The Kier molecular flexibility index (Phi) is 5.07. The van der Waals surface area contributed by atoms with Crippen LogP contribution in [0.4, 0.5) is 5.69 Å². The molecule has 0 saturated heterocycles. The predicted molar refractivity (Wildman–Crippen MR) is 81.9 cm³/mol. The maximum atomic E-state index is 5.69. The minimum absolute atomic E-state index is 0.606. The lowest BCUT2D eigenvalue weighted by Crippen LogP contribution is -2.36. The zero-order valence-electron chi connectivity index (χ0n) is 11.2. The van der Waals surface area contributed by atoms with E-state index in [1.54, 1.807) is 0 Å². The summed E-state index contributed by atoms with van der Waals surface area (Å²) in [4.78, 5) is 2.55. The Balaban J connectivity index is 2.20. The lowest BCUT2D eigenvalue weighted by atomic mass is 9.93. The maximum absolute atomic E-state index is 5.69. The quantitative estimate of drug-likeness (QED) is 0.908. The summed E-state index contributed by atoms with van der Waals surface area (Å²) in [5.74, 6) is 0. The summed E-state index contributed by atoms with van der Waals surface area (Å²) < 4.78 is 1.18. The molecule has 0 amide bonds. The van der Waals surface area contributed by atoms with Crippen LogP contribution in [-0.2, 0) is 6.54 Å². The summed E-state index contributed by atoms with van der Waals surface area (Å²) in [6.45, 7) is 3.93. The molecular weight excluding hydrogens is 288 g/mol. The van der Waals surface area contributed by atoms with Crippen LogP contribution in [0.1, 0.15) is 44.6 Å². The van der Waals surface area contributed by atoms with E-state index in [9.17, 15) is 0 Å². The van der Waals surface area contributed by atoms with Crippen LogP contribution in [-0.4, -0.2) is 12.6 Å². The molecule has 3 heteroatoms. The molecule has 0 atom stereocenters. The average molecular weight is 311 g/mol. The number of nitrogens with two attached hydrogens (primary N) is 1. The summed E-state index contributed by atoms with van der Waals surface area (Å²) in [6.07, 6.45) is 6.82. The molecule has 18 heavy (non-hydrogen) atoms. The van der Waals surface area contributed by atoms with Crippen LogP contribution in [0.3, 0.4) is 0 Å². The van der Waals surface area contributed by atoms with Crippen molar-refractivity contribution in [3.63, 3.8) is 0 Å². The van der Waals surface area contributed by atoms with E-state index in [1.165, 1.54) is 47.8 Å². The van der Waals surface area contributed by atoms with E-state index < -0.39 is 0 Å². The van der Waals surface area contributed by atoms with E-state index in [1.807, 2.05) is 0 Å². The fourth-order valence-electron chi connectivity index (χ4n) is 2.93. The van der Waals surface area contributed by atoms with Crippen molar-refractivity contribution in [2.75, 3.05) is 11.4 Å². The zero-order chi connectivity index (χ0) is 13.0. The Bertz CT molecular complexity index is 386. The second kappa shape index (κ2) is 6.58. The van der Waals surface area contributed by atoms with Gasteiger partial charge in [0, 0.05) is 23.6 Å². The molecule has 1 saturated carbocycles. The first-order valence-electron chi connectivity index (χ1n) is 7.01. The third-order valence-electron chi connectivity index (χ3n) is 3.91. The number of hydrogen-bond acceptors (Lipinski definition) is 2. The minimum Gasteiger partial charge on any atom is -0.368 e. The first kappa shape index (κ1) is 13.9. The molecule has 2 nitrogen and oxygen atoms in total. The molecule has 0 bridgehead atoms. The van der Waals surface area contributed by atoms with Gasteiger partial charge in [-0.3, -0.25) is 0 Å². The normalized spacial score (nSPS) is 16.8. The van der Waals surface area contributed by atoms with Gasteiger partial charge in [0.1, 0.15) is 0 Å². The first-order chi connectivity index (χ1) is 8.76. The number of nitrogens with zero attached hydrogens (tertiary/aromatic N) is 1. The highest BCUT2D eigenvalue weighted by Crippen LogP contribution is 2.32. The van der Waals surface area contributed by atoms with Gasteiger partial charge in [-0.25, -0.2) is 0 Å². The Labute approximate surface area is 119 Å². The van der Waals surface area contributed by atoms with Gasteiger partial charge in [0.25, 0.3) is 0 Å². The topological polar surface area (TPSA) is 29.3 Å². The molecule has 1 aliphatic carbocycles. The monoisotopic (exact) mass is 310 g/mol. The molecule has 2 N–H and O–H groups in total. The molecule has 100 valence electrons. The Hall–Kier alpha value is -0.540. The number of anilines is 1. The Morgan fingerprint density at radius 3 is 2.56 bits per heavy atom. The minimum atomic E-state index is 0.606. The number of rotatable bonds is 4. The third kappa shape index (κ3) is 3.07. The van der Waals surface area contributed by atoms with Gasteiger partial charge in [-0.15, -0.1) is 0 Å². The molecule has 1 aliphatic rings. The fraction of sp³-hybridized carbons (Fsp3) is 0.600. The summed E-state index contributed by atoms with van der Waals surface area (Å²) in [7, 11) is 0. The Morgan fingerprint density at radius 1 is 1.28 bits per heavy atom. The van der Waals surface area contributed by atoms with Crippen molar-refractivity contribution in [3.8, 4) is 0 Å². The van der Waals surface area contributed by atoms with Gasteiger partial charge in [0.2, 0.25) is 0 Å². The van der Waals surface area contributed by atoms with E-state index >= 15 is 0 Å². The van der Waals surface area contributed by atoms with Gasteiger partial charge in [-0.05, 0) is 53.4 Å². The number of hydrogen-bond donors (Lipinski definition) is 1. The summed E-state index contributed by atoms with van der Waals surface area (Å²) in [5, 5.41) is 0. The second-order valence-corrected chi connectivity index (χ2v) is 5.92. The van der Waals surface area contributed by atoms with Crippen LogP contribution in [0.5, 0.6) is 0 Å². The van der Waals surface area contributed by atoms with E-state index in [0.717, 1.165) is 6.54 Å². The lowest BCUT2D eigenvalue weighted by molar-refractivity contribution is 0.418. The maximum Gasteiger partial charge on any atom is 0.0513 e. The zero-order valence-corrected chi connectivity index (χ0v) is 12.7. The molecule has 2 rings (SSSR count). The van der Waals surface area contributed by atoms with E-state index in [-0.39, 0.29) is 0 Å². The largest absolute Gasteiger partial charge is 0.368 e. The standard InChI is InChI=1S/C15H23BrN2/c1-2-18(13-6-4-3-5-7-13)15-9-8-12(11-17)10-14(15)16/h8-10,13H,2-7,11,17H2,1H3. The SMILES string of the molecule is CCN(c1ccc(CN)cc1Br)C1CCCCC1. The lowest BCUT2D eigenvalue weighted by Gasteiger charge is -2.36. The van der Waals surface area contributed by atoms with Gasteiger partial charge in [0.15, 0.2) is 0 Å². The highest BCUT2D eigenvalue weighted by molar-refractivity contribution is 9.10. The molecule has 0 aliphatic heterocycles. The van der Waals surface area contributed by atoms with Crippen molar-refractivity contribution in [2.24, 2.45) is 5.73 Å². The molecule has 0 unspecified atom stereocenters. The van der Waals surface area contributed by atoms with Crippen LogP contribution in [0.2, 0.25) is 0 Å². The van der Waals surface area contributed by atoms with Gasteiger partial charge in [0.05, 0.1) is 5.69 Å². The molecule has 1 aromatic rings. The molecule has 0 aromatic heterocycles. The molecule has 0 spiro atoms.